The van der Waals surface area contributed by atoms with E-state index in [9.17, 15) is 9.90 Å². The van der Waals surface area contributed by atoms with Crippen LogP contribution in [0.2, 0.25) is 0 Å². The van der Waals surface area contributed by atoms with Gasteiger partial charge in [0.15, 0.2) is 0 Å². The van der Waals surface area contributed by atoms with Crippen LogP contribution < -0.4 is 20.1 Å². The standard InChI is InChI=1S/C37H57N3O6/c1-43-18-11-19-46-37(30-14-8-5-9-15-30)31-16-10-17-40(26-31)27-36(42)39-34(22-28-12-6-4-7-13-28)35(41)25-38-24-29-20-32(44-2)23-33(21-29)45-3/h5,8-9,14-15,20-21,23,28,31,34-35,37-38,41H,4,6-7,10-13,16-19,22,24-27H2,1-3H3,(H,39,42)/t31?,34-,35-,37?/m0/s1. The lowest BCUT2D eigenvalue weighted by Gasteiger charge is -2.37. The number of nitrogens with one attached hydrogen (secondary N) is 2. The molecule has 9 nitrogen and oxygen atoms in total. The van der Waals surface area contributed by atoms with Gasteiger partial charge in [0.25, 0.3) is 0 Å². The zero-order chi connectivity index (χ0) is 32.6. The number of carbonyl (C=O) groups is 1. The number of rotatable bonds is 19. The second kappa shape index (κ2) is 19.9. The van der Waals surface area contributed by atoms with E-state index >= 15 is 0 Å². The molecule has 256 valence electrons. The van der Waals surface area contributed by atoms with Gasteiger partial charge in [0.2, 0.25) is 5.91 Å². The second-order valence-corrected chi connectivity index (χ2v) is 13.0. The lowest BCUT2D eigenvalue weighted by molar-refractivity contribution is -0.125. The number of carbonyl (C=O) groups excluding carboxylic acids is 1. The minimum Gasteiger partial charge on any atom is -0.497 e. The molecule has 1 amide bonds. The summed E-state index contributed by atoms with van der Waals surface area (Å²) >= 11 is 0. The van der Waals surface area contributed by atoms with E-state index in [1.165, 1.54) is 24.8 Å². The Balaban J connectivity index is 1.34. The molecule has 1 heterocycles. The van der Waals surface area contributed by atoms with E-state index in [1.807, 2.05) is 24.3 Å². The number of piperidine rings is 1. The minimum absolute atomic E-state index is 0.0135. The van der Waals surface area contributed by atoms with Crippen LogP contribution in [0, 0.1) is 11.8 Å². The predicted molar refractivity (Wildman–Crippen MR) is 181 cm³/mol. The first-order valence-corrected chi connectivity index (χ1v) is 17.3. The summed E-state index contributed by atoms with van der Waals surface area (Å²) in [5.41, 5.74) is 2.19. The first-order chi connectivity index (χ1) is 22.5. The maximum absolute atomic E-state index is 13.5. The van der Waals surface area contributed by atoms with E-state index in [1.54, 1.807) is 21.3 Å². The molecule has 2 fully saturated rings. The van der Waals surface area contributed by atoms with E-state index in [2.05, 4.69) is 39.8 Å². The number of aliphatic hydroxyl groups excluding tert-OH is 1. The lowest BCUT2D eigenvalue weighted by atomic mass is 9.83. The zero-order valence-corrected chi connectivity index (χ0v) is 28.3. The van der Waals surface area contributed by atoms with Crippen molar-refractivity contribution in [1.29, 1.82) is 0 Å². The molecule has 4 rings (SSSR count). The minimum atomic E-state index is -0.699. The molecular weight excluding hydrogens is 582 g/mol. The van der Waals surface area contributed by atoms with Gasteiger partial charge in [-0.05, 0) is 61.4 Å². The summed E-state index contributed by atoms with van der Waals surface area (Å²) in [6.45, 7) is 4.27. The molecule has 2 unspecified atom stereocenters. The summed E-state index contributed by atoms with van der Waals surface area (Å²) in [4.78, 5) is 15.8. The van der Waals surface area contributed by atoms with Crippen LogP contribution >= 0.6 is 0 Å². The van der Waals surface area contributed by atoms with Crippen LogP contribution in [0.5, 0.6) is 11.5 Å². The molecule has 2 aromatic carbocycles. The molecule has 0 aromatic heterocycles. The number of amides is 1. The van der Waals surface area contributed by atoms with E-state index < -0.39 is 6.10 Å². The van der Waals surface area contributed by atoms with Gasteiger partial charge in [-0.25, -0.2) is 0 Å². The van der Waals surface area contributed by atoms with Crippen LogP contribution in [0.3, 0.4) is 0 Å². The Bertz CT molecular complexity index is 1120. The summed E-state index contributed by atoms with van der Waals surface area (Å²) in [5.74, 6) is 2.26. The van der Waals surface area contributed by atoms with Gasteiger partial charge in [0, 0.05) is 51.9 Å². The van der Waals surface area contributed by atoms with Gasteiger partial charge >= 0.3 is 0 Å². The highest BCUT2D eigenvalue weighted by Crippen LogP contribution is 2.33. The summed E-state index contributed by atoms with van der Waals surface area (Å²) in [5, 5.41) is 18.0. The maximum atomic E-state index is 13.5. The Kier molecular flexibility index (Phi) is 15.6. The van der Waals surface area contributed by atoms with Crippen LogP contribution in [-0.4, -0.2) is 88.8 Å². The van der Waals surface area contributed by atoms with Crippen molar-refractivity contribution in [2.45, 2.75) is 82.6 Å². The second-order valence-electron chi connectivity index (χ2n) is 13.0. The summed E-state index contributed by atoms with van der Waals surface area (Å²) in [6.07, 6.45) is 9.08. The van der Waals surface area contributed by atoms with Crippen molar-refractivity contribution >= 4 is 5.91 Å². The molecule has 9 heteroatoms. The fourth-order valence-electron chi connectivity index (χ4n) is 7.07. The first-order valence-electron chi connectivity index (χ1n) is 17.3. The highest BCUT2D eigenvalue weighted by atomic mass is 16.5. The topological polar surface area (TPSA) is 102 Å². The Morgan fingerprint density at radius 3 is 2.39 bits per heavy atom. The van der Waals surface area contributed by atoms with Gasteiger partial charge in [0.1, 0.15) is 11.5 Å². The molecule has 3 N–H and O–H groups in total. The Labute approximate surface area is 276 Å². The number of ether oxygens (including phenoxy) is 4. The quantitative estimate of drug-likeness (QED) is 0.182. The summed E-state index contributed by atoms with van der Waals surface area (Å²) in [7, 11) is 4.99. The van der Waals surface area contributed by atoms with Crippen LogP contribution in [0.4, 0.5) is 0 Å². The van der Waals surface area contributed by atoms with Crippen molar-refractivity contribution in [3.05, 3.63) is 59.7 Å². The van der Waals surface area contributed by atoms with E-state index in [0.29, 0.717) is 44.7 Å². The number of benzene rings is 2. The van der Waals surface area contributed by atoms with Crippen molar-refractivity contribution < 1.29 is 28.8 Å². The van der Waals surface area contributed by atoms with Crippen LogP contribution in [0.15, 0.2) is 48.5 Å². The number of hydrogen-bond acceptors (Lipinski definition) is 8. The normalized spacial score (nSPS) is 19.7. The molecule has 4 atom stereocenters. The lowest BCUT2D eigenvalue weighted by Crippen LogP contribution is -2.52. The number of hydrogen-bond donors (Lipinski definition) is 3. The smallest absolute Gasteiger partial charge is 0.234 e. The predicted octanol–water partition coefficient (Wildman–Crippen LogP) is 5.12. The number of likely N-dealkylation sites (tertiary alicyclic amines) is 1. The zero-order valence-electron chi connectivity index (χ0n) is 28.3. The molecular formula is C37H57N3O6. The molecule has 0 spiro atoms. The number of methoxy groups -OCH3 is 3. The molecule has 46 heavy (non-hydrogen) atoms. The average Bonchev–Trinajstić information content (AvgIpc) is 3.08. The summed E-state index contributed by atoms with van der Waals surface area (Å²) < 4.78 is 22.5. The van der Waals surface area contributed by atoms with Gasteiger partial charge in [-0.15, -0.1) is 0 Å². The maximum Gasteiger partial charge on any atom is 0.234 e. The molecule has 1 saturated heterocycles. The van der Waals surface area contributed by atoms with Crippen LogP contribution in [-0.2, 0) is 20.8 Å². The van der Waals surface area contributed by atoms with Crippen LogP contribution in [0.25, 0.3) is 0 Å². The van der Waals surface area contributed by atoms with Gasteiger partial charge in [-0.3, -0.25) is 9.69 Å². The first kappa shape index (κ1) is 36.2. The monoisotopic (exact) mass is 639 g/mol. The molecule has 2 aliphatic rings. The highest BCUT2D eigenvalue weighted by Gasteiger charge is 2.31. The van der Waals surface area contributed by atoms with Crippen molar-refractivity contribution in [2.24, 2.45) is 11.8 Å². The molecule has 2 aromatic rings. The summed E-state index contributed by atoms with van der Waals surface area (Å²) in [6, 6.07) is 15.9. The van der Waals surface area contributed by atoms with Gasteiger partial charge < -0.3 is 34.7 Å². The third-order valence-electron chi connectivity index (χ3n) is 9.47. The van der Waals surface area contributed by atoms with Crippen LogP contribution in [0.1, 0.15) is 75.0 Å². The van der Waals surface area contributed by atoms with Crippen molar-refractivity contribution in [3.8, 4) is 11.5 Å². The Hall–Kier alpha value is -2.69. The number of aliphatic hydroxyl groups is 1. The SMILES string of the molecule is COCCCOC(c1ccccc1)C1CCCN(CC(=O)N[C@@H](CC2CCCCC2)[C@@H](O)CNCc2cc(OC)cc(OC)c2)C1. The molecule has 0 radical (unpaired) electrons. The largest absolute Gasteiger partial charge is 0.497 e. The van der Waals surface area contributed by atoms with Gasteiger partial charge in [-0.1, -0.05) is 62.4 Å². The fraction of sp³-hybridized carbons (Fsp3) is 0.649. The third kappa shape index (κ3) is 11.8. The van der Waals surface area contributed by atoms with Gasteiger partial charge in [-0.2, -0.15) is 0 Å². The van der Waals surface area contributed by atoms with Gasteiger partial charge in [0.05, 0.1) is 39.0 Å². The molecule has 1 aliphatic heterocycles. The van der Waals surface area contributed by atoms with Crippen molar-refractivity contribution in [1.82, 2.24) is 15.5 Å². The van der Waals surface area contributed by atoms with E-state index in [0.717, 1.165) is 68.7 Å². The van der Waals surface area contributed by atoms with Crippen molar-refractivity contribution in [3.63, 3.8) is 0 Å². The Morgan fingerprint density at radius 1 is 0.957 bits per heavy atom. The van der Waals surface area contributed by atoms with E-state index in [-0.39, 0.29) is 18.1 Å². The molecule has 0 bridgehead atoms. The molecule has 1 aliphatic carbocycles. The average molecular weight is 640 g/mol. The molecule has 1 saturated carbocycles. The fourth-order valence-corrected chi connectivity index (χ4v) is 7.07. The third-order valence-corrected chi connectivity index (χ3v) is 9.47. The Morgan fingerprint density at radius 2 is 1.70 bits per heavy atom. The van der Waals surface area contributed by atoms with E-state index in [4.69, 9.17) is 18.9 Å². The van der Waals surface area contributed by atoms with Crippen molar-refractivity contribution in [2.75, 3.05) is 60.7 Å². The highest BCUT2D eigenvalue weighted by molar-refractivity contribution is 5.78. The number of nitrogens with zero attached hydrogens (tertiary/aromatic N) is 1.